The maximum Gasteiger partial charge on any atom is 0.0587 e. The molecule has 1 saturated heterocycles. The van der Waals surface area contributed by atoms with E-state index in [1.54, 1.807) is 0 Å². The Morgan fingerprint density at radius 3 is 2.36 bits per heavy atom. The molecule has 0 radical (unpaired) electrons. The highest BCUT2D eigenvalue weighted by atomic mass is 16.3. The third-order valence-electron chi connectivity index (χ3n) is 3.19. The van der Waals surface area contributed by atoms with Gasteiger partial charge in [-0.05, 0) is 19.3 Å². The lowest BCUT2D eigenvalue weighted by Crippen LogP contribution is -2.54. The molecule has 0 aromatic heterocycles. The second kappa shape index (κ2) is 3.11. The van der Waals surface area contributed by atoms with Gasteiger partial charge in [0.05, 0.1) is 6.61 Å². The highest BCUT2D eigenvalue weighted by molar-refractivity contribution is 4.89. The Balaban J connectivity index is 1.84. The number of hydrogen-bond acceptors (Lipinski definition) is 2. The number of rotatable bonds is 2. The lowest BCUT2D eigenvalue weighted by atomic mass is 10.00. The fraction of sp³-hybridized carbons (Fsp3) is 1.00. The molecule has 0 aromatic carbocycles. The zero-order chi connectivity index (χ0) is 7.68. The van der Waals surface area contributed by atoms with Crippen molar-refractivity contribution in [3.05, 3.63) is 0 Å². The van der Waals surface area contributed by atoms with Crippen LogP contribution in [-0.4, -0.2) is 35.2 Å². The average molecular weight is 155 g/mol. The smallest absolute Gasteiger partial charge is 0.0587 e. The fourth-order valence-electron chi connectivity index (χ4n) is 2.37. The quantitative estimate of drug-likeness (QED) is 0.643. The summed E-state index contributed by atoms with van der Waals surface area (Å²) in [6.07, 6.45) is 6.76. The molecule has 2 heteroatoms. The van der Waals surface area contributed by atoms with Gasteiger partial charge in [-0.2, -0.15) is 0 Å². The van der Waals surface area contributed by atoms with E-state index in [1.807, 2.05) is 0 Å². The van der Waals surface area contributed by atoms with Crippen molar-refractivity contribution >= 4 is 0 Å². The van der Waals surface area contributed by atoms with Crippen LogP contribution < -0.4 is 0 Å². The predicted octanol–water partition coefficient (Wildman–Crippen LogP) is 0.996. The van der Waals surface area contributed by atoms with Gasteiger partial charge in [0.25, 0.3) is 0 Å². The van der Waals surface area contributed by atoms with Gasteiger partial charge in [0.15, 0.2) is 0 Å². The van der Waals surface area contributed by atoms with Crippen LogP contribution in [0.1, 0.15) is 32.1 Å². The normalized spacial score (nSPS) is 34.1. The molecule has 64 valence electrons. The summed E-state index contributed by atoms with van der Waals surface area (Å²) in [5, 5.41) is 8.98. The van der Waals surface area contributed by atoms with Crippen molar-refractivity contribution in [2.24, 2.45) is 0 Å². The van der Waals surface area contributed by atoms with Gasteiger partial charge in [0.2, 0.25) is 0 Å². The van der Waals surface area contributed by atoms with Gasteiger partial charge in [0.1, 0.15) is 0 Å². The molecule has 11 heavy (non-hydrogen) atoms. The Kier molecular flexibility index (Phi) is 2.14. The van der Waals surface area contributed by atoms with Gasteiger partial charge in [0, 0.05) is 18.6 Å². The second-order valence-electron chi connectivity index (χ2n) is 3.80. The number of likely N-dealkylation sites (tertiary alicyclic amines) is 1. The summed E-state index contributed by atoms with van der Waals surface area (Å²) in [6, 6.07) is 1.33. The highest BCUT2D eigenvalue weighted by Gasteiger charge is 2.34. The zero-order valence-electron chi connectivity index (χ0n) is 7.00. The molecule has 2 aliphatic rings. The van der Waals surface area contributed by atoms with Crippen molar-refractivity contribution in [3.63, 3.8) is 0 Å². The molecule has 1 heterocycles. The molecule has 2 nitrogen and oxygen atoms in total. The van der Waals surface area contributed by atoms with E-state index in [1.165, 1.54) is 38.6 Å². The van der Waals surface area contributed by atoms with Crippen LogP contribution in [0.3, 0.4) is 0 Å². The standard InChI is InChI=1S/C9H17NO/c11-7-9-5-6-10(9)8-3-1-2-4-8/h8-9,11H,1-7H2/t9-/m1/s1. The van der Waals surface area contributed by atoms with E-state index in [9.17, 15) is 0 Å². The van der Waals surface area contributed by atoms with Crippen LogP contribution in [0, 0.1) is 0 Å². The largest absolute Gasteiger partial charge is 0.395 e. The van der Waals surface area contributed by atoms with Crippen molar-refractivity contribution in [2.45, 2.75) is 44.2 Å². The van der Waals surface area contributed by atoms with Crippen LogP contribution in [0.4, 0.5) is 0 Å². The first-order valence-electron chi connectivity index (χ1n) is 4.78. The van der Waals surface area contributed by atoms with Gasteiger partial charge in [-0.15, -0.1) is 0 Å². The average Bonchev–Trinajstić information content (AvgIpc) is 2.39. The molecule has 0 aromatic rings. The lowest BCUT2D eigenvalue weighted by Gasteiger charge is -2.44. The van der Waals surface area contributed by atoms with E-state index in [0.29, 0.717) is 12.6 Å². The minimum absolute atomic E-state index is 0.372. The lowest BCUT2D eigenvalue weighted by molar-refractivity contribution is 0.00753. The Bertz CT molecular complexity index is 130. The Labute approximate surface area is 68.2 Å². The summed E-state index contributed by atoms with van der Waals surface area (Å²) < 4.78 is 0. The number of hydrogen-bond donors (Lipinski definition) is 1. The van der Waals surface area contributed by atoms with E-state index in [2.05, 4.69) is 4.90 Å². The van der Waals surface area contributed by atoms with Gasteiger partial charge >= 0.3 is 0 Å². The van der Waals surface area contributed by atoms with Crippen molar-refractivity contribution in [1.82, 2.24) is 4.90 Å². The van der Waals surface area contributed by atoms with Crippen LogP contribution in [0.25, 0.3) is 0 Å². The molecule has 1 N–H and O–H groups in total. The first-order valence-corrected chi connectivity index (χ1v) is 4.78. The van der Waals surface area contributed by atoms with Crippen molar-refractivity contribution in [1.29, 1.82) is 0 Å². The molecule has 2 rings (SSSR count). The molecule has 1 atom stereocenters. The minimum atomic E-state index is 0.372. The van der Waals surface area contributed by atoms with Crippen molar-refractivity contribution in [3.8, 4) is 0 Å². The van der Waals surface area contributed by atoms with Crippen LogP contribution in [0.2, 0.25) is 0 Å². The van der Waals surface area contributed by atoms with E-state index >= 15 is 0 Å². The zero-order valence-corrected chi connectivity index (χ0v) is 7.00. The van der Waals surface area contributed by atoms with Crippen LogP contribution >= 0.6 is 0 Å². The molecule has 0 spiro atoms. The molecular formula is C9H17NO. The number of nitrogens with zero attached hydrogens (tertiary/aromatic N) is 1. The maximum absolute atomic E-state index is 8.98. The summed E-state index contributed by atoms with van der Waals surface area (Å²) in [6.45, 7) is 1.60. The van der Waals surface area contributed by atoms with Gasteiger partial charge in [-0.1, -0.05) is 12.8 Å². The van der Waals surface area contributed by atoms with Gasteiger partial charge in [-0.3, -0.25) is 4.90 Å². The molecule has 1 aliphatic heterocycles. The van der Waals surface area contributed by atoms with Crippen molar-refractivity contribution < 1.29 is 5.11 Å². The van der Waals surface area contributed by atoms with Crippen LogP contribution in [0.5, 0.6) is 0 Å². The molecule has 1 aliphatic carbocycles. The third kappa shape index (κ3) is 1.30. The molecular weight excluding hydrogens is 138 g/mol. The highest BCUT2D eigenvalue weighted by Crippen LogP contribution is 2.30. The summed E-state index contributed by atoms with van der Waals surface area (Å²) >= 11 is 0. The monoisotopic (exact) mass is 155 g/mol. The SMILES string of the molecule is OC[C@H]1CCN1C1CCCC1. The van der Waals surface area contributed by atoms with E-state index in [4.69, 9.17) is 5.11 Å². The second-order valence-corrected chi connectivity index (χ2v) is 3.80. The minimum Gasteiger partial charge on any atom is -0.395 e. The van der Waals surface area contributed by atoms with Crippen LogP contribution in [-0.2, 0) is 0 Å². The van der Waals surface area contributed by atoms with E-state index < -0.39 is 0 Å². The summed E-state index contributed by atoms with van der Waals surface area (Å²) in [5.74, 6) is 0. The number of aliphatic hydroxyl groups excluding tert-OH is 1. The molecule has 0 unspecified atom stereocenters. The van der Waals surface area contributed by atoms with E-state index in [0.717, 1.165) is 6.04 Å². The van der Waals surface area contributed by atoms with Gasteiger partial charge in [-0.25, -0.2) is 0 Å². The Hall–Kier alpha value is -0.0800. The summed E-state index contributed by atoms with van der Waals surface area (Å²) in [4.78, 5) is 2.49. The Morgan fingerprint density at radius 1 is 1.18 bits per heavy atom. The van der Waals surface area contributed by atoms with Crippen LogP contribution in [0.15, 0.2) is 0 Å². The summed E-state index contributed by atoms with van der Waals surface area (Å²) in [7, 11) is 0. The number of aliphatic hydroxyl groups is 1. The third-order valence-corrected chi connectivity index (χ3v) is 3.19. The summed E-state index contributed by atoms with van der Waals surface area (Å²) in [5.41, 5.74) is 0. The van der Waals surface area contributed by atoms with Gasteiger partial charge < -0.3 is 5.11 Å². The molecule has 2 fully saturated rings. The van der Waals surface area contributed by atoms with Crippen molar-refractivity contribution in [2.75, 3.05) is 13.2 Å². The maximum atomic E-state index is 8.98. The first kappa shape index (κ1) is 7.56. The van der Waals surface area contributed by atoms with E-state index in [-0.39, 0.29) is 0 Å². The fourth-order valence-corrected chi connectivity index (χ4v) is 2.37. The Morgan fingerprint density at radius 2 is 1.91 bits per heavy atom. The topological polar surface area (TPSA) is 23.5 Å². The molecule has 0 amide bonds. The molecule has 1 saturated carbocycles. The molecule has 0 bridgehead atoms. The first-order chi connectivity index (χ1) is 5.42. The predicted molar refractivity (Wildman–Crippen MR) is 44.5 cm³/mol.